The van der Waals surface area contributed by atoms with Gasteiger partial charge in [0.05, 0.1) is 6.54 Å². The van der Waals surface area contributed by atoms with Crippen LogP contribution < -0.4 is 0 Å². The van der Waals surface area contributed by atoms with E-state index < -0.39 is 0 Å². The van der Waals surface area contributed by atoms with Gasteiger partial charge in [-0.1, -0.05) is 6.42 Å². The molecule has 1 spiro atoms. The van der Waals surface area contributed by atoms with Crippen molar-refractivity contribution in [1.82, 2.24) is 19.4 Å². The van der Waals surface area contributed by atoms with Crippen LogP contribution in [-0.2, 0) is 21.7 Å². The number of carbonyl (C=O) groups is 1. The Morgan fingerprint density at radius 3 is 2.62 bits per heavy atom. The van der Waals surface area contributed by atoms with Gasteiger partial charge in [0.25, 0.3) is 5.91 Å². The fourth-order valence-electron chi connectivity index (χ4n) is 5.15. The molecule has 1 aromatic rings. The van der Waals surface area contributed by atoms with Gasteiger partial charge in [-0.05, 0) is 44.4 Å². The molecule has 4 aliphatic rings. The van der Waals surface area contributed by atoms with Crippen molar-refractivity contribution in [3.8, 4) is 0 Å². The molecule has 3 fully saturated rings. The fraction of sp³-hybridized carbons (Fsp3) is 0.800. The van der Waals surface area contributed by atoms with Crippen LogP contribution in [0.1, 0.15) is 50.8 Å². The van der Waals surface area contributed by atoms with Crippen LogP contribution in [0.25, 0.3) is 0 Å². The van der Waals surface area contributed by atoms with Crippen LogP contribution in [0.3, 0.4) is 0 Å². The molecule has 0 bridgehead atoms. The van der Waals surface area contributed by atoms with Crippen molar-refractivity contribution in [2.75, 3.05) is 32.7 Å². The van der Waals surface area contributed by atoms with Crippen LogP contribution in [0.2, 0.25) is 0 Å². The number of fused-ring (bicyclic) bond motifs is 2. The minimum Gasteiger partial charge on any atom is -0.352 e. The van der Waals surface area contributed by atoms with Gasteiger partial charge in [-0.2, -0.15) is 0 Å². The maximum atomic E-state index is 13.0. The number of aromatic nitrogens is 2. The van der Waals surface area contributed by atoms with Gasteiger partial charge in [0, 0.05) is 45.1 Å². The van der Waals surface area contributed by atoms with E-state index in [2.05, 4.69) is 14.5 Å². The lowest BCUT2D eigenvalue weighted by Crippen LogP contribution is -2.54. The van der Waals surface area contributed by atoms with Crippen molar-refractivity contribution >= 4 is 5.91 Å². The van der Waals surface area contributed by atoms with E-state index in [0.717, 1.165) is 63.6 Å². The number of amides is 1. The SMILES string of the molecule is O=C(C1Cn2ccnc2C2(CCN(CC3CCC3)CC2)O1)N1CCCC1. The fourth-order valence-corrected chi connectivity index (χ4v) is 5.15. The normalized spacial score (nSPS) is 28.9. The number of piperidine rings is 1. The van der Waals surface area contributed by atoms with Gasteiger partial charge >= 0.3 is 0 Å². The van der Waals surface area contributed by atoms with Crippen molar-refractivity contribution in [2.24, 2.45) is 5.92 Å². The molecular weight excluding hydrogens is 328 g/mol. The number of nitrogens with zero attached hydrogens (tertiary/aromatic N) is 4. The maximum absolute atomic E-state index is 13.0. The highest BCUT2D eigenvalue weighted by Gasteiger charge is 2.48. The number of likely N-dealkylation sites (tertiary alicyclic amines) is 2. The molecule has 5 rings (SSSR count). The predicted octanol–water partition coefficient (Wildman–Crippen LogP) is 2.00. The Morgan fingerprint density at radius 2 is 1.92 bits per heavy atom. The van der Waals surface area contributed by atoms with Crippen LogP contribution in [0.5, 0.6) is 0 Å². The van der Waals surface area contributed by atoms with Crippen molar-refractivity contribution in [1.29, 1.82) is 0 Å². The molecule has 0 N–H and O–H groups in total. The summed E-state index contributed by atoms with van der Waals surface area (Å²) in [4.78, 5) is 22.2. The largest absolute Gasteiger partial charge is 0.352 e. The summed E-state index contributed by atoms with van der Waals surface area (Å²) in [6.07, 6.45) is 11.9. The Labute approximate surface area is 155 Å². The maximum Gasteiger partial charge on any atom is 0.253 e. The molecule has 6 heteroatoms. The highest BCUT2D eigenvalue weighted by molar-refractivity contribution is 5.81. The molecule has 3 aliphatic heterocycles. The number of carbonyl (C=O) groups excluding carboxylic acids is 1. The first-order chi connectivity index (χ1) is 12.7. The van der Waals surface area contributed by atoms with E-state index >= 15 is 0 Å². The van der Waals surface area contributed by atoms with Crippen molar-refractivity contribution in [3.63, 3.8) is 0 Å². The molecule has 1 amide bonds. The number of hydrogen-bond donors (Lipinski definition) is 0. The standard InChI is InChI=1S/C20H30N4O2/c25-18(23-9-1-2-10-23)17-15-24-13-8-21-19(24)20(26-17)6-11-22(12-7-20)14-16-4-3-5-16/h8,13,16-17H,1-7,9-12,14-15H2. The molecule has 4 heterocycles. The Balaban J connectivity index is 1.32. The zero-order chi connectivity index (χ0) is 17.6. The number of ether oxygens (including phenoxy) is 1. The average molecular weight is 358 g/mol. The average Bonchev–Trinajstić information content (AvgIpc) is 3.31. The van der Waals surface area contributed by atoms with Gasteiger partial charge in [0.15, 0.2) is 6.10 Å². The summed E-state index contributed by atoms with van der Waals surface area (Å²) >= 11 is 0. The van der Waals surface area contributed by atoms with Crippen LogP contribution in [0, 0.1) is 5.92 Å². The number of rotatable bonds is 3. The van der Waals surface area contributed by atoms with E-state index in [0.29, 0.717) is 6.54 Å². The van der Waals surface area contributed by atoms with Gasteiger partial charge in [-0.15, -0.1) is 0 Å². The molecular formula is C20H30N4O2. The third-order valence-electron chi connectivity index (χ3n) is 6.95. The number of hydrogen-bond acceptors (Lipinski definition) is 4. The first-order valence-electron chi connectivity index (χ1n) is 10.4. The van der Waals surface area contributed by atoms with Crippen molar-refractivity contribution < 1.29 is 9.53 Å². The van der Waals surface area contributed by atoms with Crippen LogP contribution in [0.15, 0.2) is 12.4 Å². The summed E-state index contributed by atoms with van der Waals surface area (Å²) in [7, 11) is 0. The second-order valence-electron chi connectivity index (χ2n) is 8.63. The zero-order valence-electron chi connectivity index (χ0n) is 15.6. The smallest absolute Gasteiger partial charge is 0.253 e. The summed E-state index contributed by atoms with van der Waals surface area (Å²) in [5.41, 5.74) is -0.377. The van der Waals surface area contributed by atoms with E-state index in [-0.39, 0.29) is 17.6 Å². The molecule has 142 valence electrons. The molecule has 2 saturated heterocycles. The van der Waals surface area contributed by atoms with Crippen molar-refractivity contribution in [3.05, 3.63) is 18.2 Å². The molecule has 6 nitrogen and oxygen atoms in total. The second kappa shape index (κ2) is 6.64. The molecule has 1 unspecified atom stereocenters. The monoisotopic (exact) mass is 358 g/mol. The summed E-state index contributed by atoms with van der Waals surface area (Å²) in [5, 5.41) is 0. The van der Waals surface area contributed by atoms with Crippen LogP contribution in [-0.4, -0.2) is 64.1 Å². The van der Waals surface area contributed by atoms with Gasteiger partial charge in [-0.25, -0.2) is 4.98 Å². The van der Waals surface area contributed by atoms with E-state index in [9.17, 15) is 4.79 Å². The lowest BCUT2D eigenvalue weighted by Gasteiger charge is -2.47. The van der Waals surface area contributed by atoms with E-state index in [1.807, 2.05) is 17.3 Å². The highest BCUT2D eigenvalue weighted by atomic mass is 16.5. The summed E-state index contributed by atoms with van der Waals surface area (Å²) in [6.45, 7) is 5.72. The minimum atomic E-state index is -0.377. The number of imidazole rings is 1. The van der Waals surface area contributed by atoms with E-state index in [4.69, 9.17) is 4.74 Å². The Morgan fingerprint density at radius 1 is 1.15 bits per heavy atom. The summed E-state index contributed by atoms with van der Waals surface area (Å²) < 4.78 is 8.74. The van der Waals surface area contributed by atoms with Gasteiger partial charge in [-0.3, -0.25) is 4.79 Å². The van der Waals surface area contributed by atoms with Crippen LogP contribution in [0.4, 0.5) is 0 Å². The quantitative estimate of drug-likeness (QED) is 0.829. The minimum absolute atomic E-state index is 0.179. The lowest BCUT2D eigenvalue weighted by atomic mass is 9.83. The van der Waals surface area contributed by atoms with E-state index in [1.54, 1.807) is 0 Å². The highest BCUT2D eigenvalue weighted by Crippen LogP contribution is 2.41. The second-order valence-corrected chi connectivity index (χ2v) is 8.63. The molecule has 26 heavy (non-hydrogen) atoms. The Hall–Kier alpha value is -1.40. The third-order valence-corrected chi connectivity index (χ3v) is 6.95. The topological polar surface area (TPSA) is 50.6 Å². The van der Waals surface area contributed by atoms with Crippen LogP contribution >= 0.6 is 0 Å². The summed E-state index contributed by atoms with van der Waals surface area (Å²) in [5.74, 6) is 2.12. The molecule has 1 saturated carbocycles. The molecule has 1 atom stereocenters. The van der Waals surface area contributed by atoms with Gasteiger partial charge in [0.1, 0.15) is 11.4 Å². The zero-order valence-corrected chi connectivity index (χ0v) is 15.6. The molecule has 0 radical (unpaired) electrons. The first-order valence-corrected chi connectivity index (χ1v) is 10.4. The molecule has 0 aromatic carbocycles. The molecule has 1 aromatic heterocycles. The van der Waals surface area contributed by atoms with Gasteiger partial charge in [0.2, 0.25) is 0 Å². The first kappa shape index (κ1) is 16.8. The predicted molar refractivity (Wildman–Crippen MR) is 97.6 cm³/mol. The lowest BCUT2D eigenvalue weighted by molar-refractivity contribution is -0.180. The molecule has 1 aliphatic carbocycles. The summed E-state index contributed by atoms with van der Waals surface area (Å²) in [6, 6.07) is 0. The Bertz CT molecular complexity index is 655. The van der Waals surface area contributed by atoms with Gasteiger partial charge < -0.3 is 19.1 Å². The Kier molecular flexibility index (Phi) is 4.28. The van der Waals surface area contributed by atoms with Crippen molar-refractivity contribution in [2.45, 2.75) is 63.2 Å². The third kappa shape index (κ3) is 2.87. The van der Waals surface area contributed by atoms with E-state index in [1.165, 1.54) is 25.8 Å².